The molecule has 0 spiro atoms. The molecule has 2 aliphatic rings. The number of carbonyl (C=O) groups is 4. The minimum Gasteiger partial charge on any atom is -0.478 e. The number of anilines is 2. The van der Waals surface area contributed by atoms with Crippen molar-refractivity contribution in [3.63, 3.8) is 0 Å². The van der Waals surface area contributed by atoms with E-state index in [1.807, 2.05) is 59.5 Å². The molecule has 3 amide bonds. The van der Waals surface area contributed by atoms with Crippen LogP contribution in [0.5, 0.6) is 0 Å². The van der Waals surface area contributed by atoms with Crippen LogP contribution in [0.15, 0.2) is 143 Å². The standard InChI is InChI=1S/C29H27ClN4O3.C24H18ClN3O4.C5H11N.CH4/c30-25-16-22(20-6-8-21(9-7-20)29(36)34-12-2-1-3-13-34)14-23-15-24(37-28(23)25)18-33-27(35)11-5-19-4-10-26(31)32-17-19;25-20-11-17(15-3-5-16(6-4-15)24(30)31)9-18-10-19(32-23(18)20)13-28-22(29)8-2-14-1-7-21(26)27-12-14;1-2-4-6-5-3-1;/h4-11,14-17H,1-3,12-13,18H2,(H2,31,32)(H,33,35);1-12H,13H2,(H2,26,27)(H,28,29)(H,30,31);6H,1-5H2;1H4/b11-5+;8-2+;;. The van der Waals surface area contributed by atoms with Crippen LogP contribution in [0.1, 0.15) is 89.3 Å². The molecule has 76 heavy (non-hydrogen) atoms. The molecular formula is C59H60Cl2N8O7. The third-order valence-corrected chi connectivity index (χ3v) is 12.9. The molecule has 17 heteroatoms. The monoisotopic (exact) mass is 1060 g/mol. The van der Waals surface area contributed by atoms with Gasteiger partial charge in [-0.3, -0.25) is 14.4 Å². The van der Waals surface area contributed by atoms with Crippen LogP contribution in [0.25, 0.3) is 56.3 Å². The number of nitrogens with zero attached hydrogens (tertiary/aromatic N) is 3. The molecule has 4 aromatic heterocycles. The maximum Gasteiger partial charge on any atom is 0.335 e. The number of nitrogen functional groups attached to an aromatic ring is 2. The molecule has 0 bridgehead atoms. The summed E-state index contributed by atoms with van der Waals surface area (Å²) < 4.78 is 11.7. The number of furan rings is 2. The van der Waals surface area contributed by atoms with E-state index in [4.69, 9.17) is 48.6 Å². The highest BCUT2D eigenvalue weighted by molar-refractivity contribution is 6.35. The van der Waals surface area contributed by atoms with Gasteiger partial charge >= 0.3 is 5.97 Å². The van der Waals surface area contributed by atoms with E-state index in [-0.39, 0.29) is 43.8 Å². The van der Waals surface area contributed by atoms with E-state index in [0.29, 0.717) is 49.9 Å². The molecule has 0 aliphatic carbocycles. The third-order valence-electron chi connectivity index (χ3n) is 12.4. The Hall–Kier alpha value is -8.24. The molecule has 6 heterocycles. The van der Waals surface area contributed by atoms with Gasteiger partial charge in [0.15, 0.2) is 11.2 Å². The summed E-state index contributed by atoms with van der Waals surface area (Å²) in [5.74, 6) is 0.538. The van der Waals surface area contributed by atoms with Crippen molar-refractivity contribution < 1.29 is 33.1 Å². The van der Waals surface area contributed by atoms with Crippen LogP contribution in [0, 0.1) is 0 Å². The second-order valence-electron chi connectivity index (χ2n) is 17.9. The van der Waals surface area contributed by atoms with Gasteiger partial charge in [0.2, 0.25) is 11.8 Å². The number of halogens is 2. The summed E-state index contributed by atoms with van der Waals surface area (Å²) in [6.45, 7) is 4.56. The van der Waals surface area contributed by atoms with Gasteiger partial charge in [-0.2, -0.15) is 0 Å². The molecule has 8 N–H and O–H groups in total. The van der Waals surface area contributed by atoms with Gasteiger partial charge in [0.25, 0.3) is 5.91 Å². The first kappa shape index (κ1) is 55.5. The number of hydrogen-bond acceptors (Lipinski definition) is 11. The van der Waals surface area contributed by atoms with Crippen molar-refractivity contribution in [3.05, 3.63) is 178 Å². The fourth-order valence-electron chi connectivity index (χ4n) is 8.37. The highest BCUT2D eigenvalue weighted by Crippen LogP contribution is 2.35. The summed E-state index contributed by atoms with van der Waals surface area (Å²) in [5, 5.41) is 20.4. The summed E-state index contributed by atoms with van der Waals surface area (Å²) in [5.41, 5.74) is 18.2. The Morgan fingerprint density at radius 1 is 0.592 bits per heavy atom. The normalized spacial score (nSPS) is 13.3. The van der Waals surface area contributed by atoms with Crippen molar-refractivity contribution in [2.24, 2.45) is 0 Å². The number of carbonyl (C=O) groups excluding carboxylic acids is 3. The Labute approximate surface area is 451 Å². The van der Waals surface area contributed by atoms with E-state index in [0.717, 1.165) is 70.1 Å². The number of carboxylic acids is 1. The molecule has 10 rings (SSSR count). The number of pyridine rings is 2. The van der Waals surface area contributed by atoms with Crippen LogP contribution < -0.4 is 27.4 Å². The molecule has 2 fully saturated rings. The Bertz CT molecular complexity index is 3310. The first-order chi connectivity index (χ1) is 36.3. The molecule has 0 atom stereocenters. The number of aromatic carboxylic acids is 1. The number of carboxylic acid groups (broad SMARTS) is 1. The average Bonchev–Trinajstić information content (AvgIpc) is 4.07. The molecule has 15 nitrogen and oxygen atoms in total. The number of nitrogens with two attached hydrogens (primary N) is 2. The van der Waals surface area contributed by atoms with Crippen LogP contribution in [0.4, 0.5) is 11.6 Å². The van der Waals surface area contributed by atoms with Gasteiger partial charge in [-0.05, 0) is 176 Å². The summed E-state index contributed by atoms with van der Waals surface area (Å²) in [7, 11) is 0. The first-order valence-corrected chi connectivity index (χ1v) is 25.3. The van der Waals surface area contributed by atoms with E-state index in [1.54, 1.807) is 79.1 Å². The van der Waals surface area contributed by atoms with Crippen molar-refractivity contribution in [2.75, 3.05) is 37.6 Å². The molecule has 0 unspecified atom stereocenters. The van der Waals surface area contributed by atoms with Gasteiger partial charge < -0.3 is 46.3 Å². The molecule has 4 aromatic carbocycles. The number of aromatic nitrogens is 2. The predicted octanol–water partition coefficient (Wildman–Crippen LogP) is 11.8. The summed E-state index contributed by atoms with van der Waals surface area (Å²) in [4.78, 5) is 58.0. The number of likely N-dealkylation sites (tertiary alicyclic amines) is 1. The number of benzene rings is 4. The number of piperidine rings is 2. The summed E-state index contributed by atoms with van der Waals surface area (Å²) >= 11 is 12.9. The van der Waals surface area contributed by atoms with Crippen LogP contribution >= 0.6 is 23.2 Å². The zero-order valence-electron chi connectivity index (χ0n) is 41.0. The molecule has 8 aromatic rings. The van der Waals surface area contributed by atoms with Gasteiger partial charge in [0.1, 0.15) is 23.2 Å². The summed E-state index contributed by atoms with van der Waals surface area (Å²) in [6.07, 6.45) is 16.8. The lowest BCUT2D eigenvalue weighted by atomic mass is 10.0. The maximum atomic E-state index is 12.8. The van der Waals surface area contributed by atoms with Crippen molar-refractivity contribution in [1.29, 1.82) is 0 Å². The molecule has 2 saturated heterocycles. The topological polar surface area (TPSA) is 232 Å². The number of amides is 3. The highest BCUT2D eigenvalue weighted by atomic mass is 35.5. The van der Waals surface area contributed by atoms with Crippen LogP contribution in [-0.4, -0.2) is 69.8 Å². The number of hydrogen-bond donors (Lipinski definition) is 6. The van der Waals surface area contributed by atoms with Gasteiger partial charge in [-0.25, -0.2) is 14.8 Å². The predicted molar refractivity (Wildman–Crippen MR) is 303 cm³/mol. The maximum absolute atomic E-state index is 12.8. The lowest BCUT2D eigenvalue weighted by molar-refractivity contribution is -0.117. The van der Waals surface area contributed by atoms with Gasteiger partial charge in [0, 0.05) is 54.0 Å². The fourth-order valence-corrected chi connectivity index (χ4v) is 8.90. The van der Waals surface area contributed by atoms with E-state index < -0.39 is 5.97 Å². The minimum absolute atomic E-state index is 0. The smallest absolute Gasteiger partial charge is 0.335 e. The SMILES string of the molecule is C.C1CCNCC1.Nc1ccc(/C=C/C(=O)NCc2cc3cc(-c4ccc(C(=O)N5CCCCC5)cc4)cc(Cl)c3o2)cn1.Nc1ccc(/C=C/C(=O)NCc2cc3cc(-c4ccc(C(=O)O)cc4)cc(Cl)c3o2)cn1. The van der Waals surface area contributed by atoms with Crippen molar-refractivity contribution in [1.82, 2.24) is 30.8 Å². The van der Waals surface area contributed by atoms with Crippen LogP contribution in [0.2, 0.25) is 10.0 Å². The number of nitrogens with one attached hydrogen (secondary N) is 3. The first-order valence-electron chi connectivity index (χ1n) is 24.6. The molecule has 0 radical (unpaired) electrons. The number of rotatable bonds is 12. The van der Waals surface area contributed by atoms with Gasteiger partial charge in [-0.1, -0.05) is 61.3 Å². The highest BCUT2D eigenvalue weighted by Gasteiger charge is 2.19. The second-order valence-corrected chi connectivity index (χ2v) is 18.8. The van der Waals surface area contributed by atoms with Crippen LogP contribution in [0.3, 0.4) is 0 Å². The van der Waals surface area contributed by atoms with Crippen molar-refractivity contribution >= 4 is 92.6 Å². The van der Waals surface area contributed by atoms with Gasteiger partial charge in [-0.15, -0.1) is 0 Å². The van der Waals surface area contributed by atoms with Crippen molar-refractivity contribution in [3.8, 4) is 22.3 Å². The Kier molecular flexibility index (Phi) is 19.6. The molecule has 392 valence electrons. The minimum atomic E-state index is -0.980. The fraction of sp³-hybridized carbons (Fsp3) is 0.220. The Morgan fingerprint density at radius 2 is 1.04 bits per heavy atom. The number of fused-ring (bicyclic) bond motifs is 2. The summed E-state index contributed by atoms with van der Waals surface area (Å²) in [6, 6.07) is 32.2. The largest absolute Gasteiger partial charge is 0.478 e. The Morgan fingerprint density at radius 3 is 1.43 bits per heavy atom. The molecule has 0 saturated carbocycles. The zero-order valence-corrected chi connectivity index (χ0v) is 42.5. The van der Waals surface area contributed by atoms with E-state index in [9.17, 15) is 19.2 Å². The lowest BCUT2D eigenvalue weighted by Gasteiger charge is -2.26. The zero-order chi connectivity index (χ0) is 52.7. The van der Waals surface area contributed by atoms with Crippen molar-refractivity contribution in [2.45, 2.75) is 59.0 Å². The van der Waals surface area contributed by atoms with Gasteiger partial charge in [0.05, 0.1) is 28.7 Å². The van der Waals surface area contributed by atoms with E-state index in [2.05, 4.69) is 25.9 Å². The quantitative estimate of drug-likeness (QED) is 0.0628. The second kappa shape index (κ2) is 26.8. The lowest BCUT2D eigenvalue weighted by Crippen LogP contribution is -2.35. The van der Waals surface area contributed by atoms with E-state index >= 15 is 0 Å². The molecular weight excluding hydrogens is 1000 g/mol. The average molecular weight is 1060 g/mol. The Balaban J connectivity index is 0.000000198. The third kappa shape index (κ3) is 15.4. The molecule has 2 aliphatic heterocycles. The van der Waals surface area contributed by atoms with Crippen LogP contribution in [-0.2, 0) is 22.7 Å². The van der Waals surface area contributed by atoms with E-state index in [1.165, 1.54) is 50.9 Å².